The van der Waals surface area contributed by atoms with Crippen molar-refractivity contribution in [2.75, 3.05) is 11.9 Å². The molecule has 21 heavy (non-hydrogen) atoms. The number of aryl methyl sites for hydroxylation is 1. The normalized spacial score (nSPS) is 16.1. The average Bonchev–Trinajstić information content (AvgIpc) is 2.42. The van der Waals surface area contributed by atoms with Gasteiger partial charge in [-0.3, -0.25) is 5.32 Å². The number of nitriles is 1. The summed E-state index contributed by atoms with van der Waals surface area (Å²) in [4.78, 5) is 3.35. The second kappa shape index (κ2) is 6.44. The molecular weight excluding hydrogens is 262 g/mol. The molecule has 4 heteroatoms. The van der Waals surface area contributed by atoms with E-state index in [4.69, 9.17) is 4.74 Å². The number of fused-ring (bicyclic) bond motifs is 1. The number of hydrogen-bond acceptors (Lipinski definition) is 3. The highest BCUT2D eigenvalue weighted by Crippen LogP contribution is 2.32. The lowest BCUT2D eigenvalue weighted by molar-refractivity contribution is -0.373. The van der Waals surface area contributed by atoms with Crippen LogP contribution in [0.25, 0.3) is 0 Å². The molecule has 0 radical (unpaired) electrons. The van der Waals surface area contributed by atoms with Gasteiger partial charge in [-0.15, -0.1) is 0 Å². The van der Waals surface area contributed by atoms with E-state index in [2.05, 4.69) is 44.1 Å². The van der Waals surface area contributed by atoms with E-state index >= 15 is 0 Å². The van der Waals surface area contributed by atoms with Gasteiger partial charge in [0.15, 0.2) is 0 Å². The Morgan fingerprint density at radius 2 is 2.10 bits per heavy atom. The van der Waals surface area contributed by atoms with E-state index in [-0.39, 0.29) is 5.60 Å². The van der Waals surface area contributed by atoms with Crippen molar-refractivity contribution in [2.45, 2.75) is 65.6 Å². The highest BCUT2D eigenvalue weighted by Gasteiger charge is 2.32. The molecule has 2 N–H and O–H groups in total. The number of rotatable bonds is 5. The van der Waals surface area contributed by atoms with Crippen molar-refractivity contribution < 1.29 is 9.72 Å². The zero-order valence-corrected chi connectivity index (χ0v) is 13.6. The van der Waals surface area contributed by atoms with Crippen LogP contribution in [0.4, 0.5) is 5.82 Å². The lowest BCUT2D eigenvalue weighted by atomic mass is 9.88. The minimum atomic E-state index is -0.203. The monoisotopic (exact) mass is 288 g/mol. The van der Waals surface area contributed by atoms with E-state index in [1.807, 2.05) is 0 Å². The molecule has 0 aromatic carbocycles. The highest BCUT2D eigenvalue weighted by atomic mass is 16.5. The molecule has 1 aliphatic rings. The summed E-state index contributed by atoms with van der Waals surface area (Å²) in [6.45, 7) is 9.89. The van der Waals surface area contributed by atoms with E-state index < -0.39 is 0 Å². The quantitative estimate of drug-likeness (QED) is 0.847. The van der Waals surface area contributed by atoms with Crippen LogP contribution in [0, 0.1) is 18.3 Å². The topological polar surface area (TPSA) is 59.2 Å². The number of H-pyrrole nitrogens is 1. The first-order valence-electron chi connectivity index (χ1n) is 7.84. The van der Waals surface area contributed by atoms with E-state index in [9.17, 15) is 5.26 Å². The zero-order valence-electron chi connectivity index (χ0n) is 13.6. The van der Waals surface area contributed by atoms with Gasteiger partial charge >= 0.3 is 0 Å². The Morgan fingerprint density at radius 3 is 2.76 bits per heavy atom. The Balaban J connectivity index is 2.31. The summed E-state index contributed by atoms with van der Waals surface area (Å²) in [6.07, 6.45) is 4.31. The fourth-order valence-corrected chi connectivity index (χ4v) is 2.83. The maximum Gasteiger partial charge on any atom is 0.290 e. The predicted octanol–water partition coefficient (Wildman–Crippen LogP) is 3.13. The van der Waals surface area contributed by atoms with Crippen LogP contribution < -0.4 is 10.3 Å². The molecule has 0 atom stereocenters. The Hall–Kier alpha value is -1.60. The van der Waals surface area contributed by atoms with Crippen molar-refractivity contribution in [3.63, 3.8) is 0 Å². The molecule has 114 valence electrons. The molecule has 2 heterocycles. The largest absolute Gasteiger partial charge is 0.370 e. The summed E-state index contributed by atoms with van der Waals surface area (Å²) in [7, 11) is 0. The third-order valence-electron chi connectivity index (χ3n) is 4.08. The van der Waals surface area contributed by atoms with Crippen LogP contribution in [0.1, 0.15) is 62.4 Å². The molecule has 0 aliphatic carbocycles. The number of pyridine rings is 1. The molecule has 0 unspecified atom stereocenters. The second-order valence-electron chi connectivity index (χ2n) is 6.43. The number of anilines is 1. The summed E-state index contributed by atoms with van der Waals surface area (Å²) in [5, 5.41) is 13.0. The Morgan fingerprint density at radius 1 is 1.33 bits per heavy atom. The van der Waals surface area contributed by atoms with Gasteiger partial charge in [0.05, 0.1) is 18.8 Å². The van der Waals surface area contributed by atoms with Gasteiger partial charge < -0.3 is 4.74 Å². The van der Waals surface area contributed by atoms with Gasteiger partial charge in [0.2, 0.25) is 0 Å². The third-order valence-corrected chi connectivity index (χ3v) is 4.08. The average molecular weight is 288 g/mol. The number of aromatic amines is 1. The first-order valence-corrected chi connectivity index (χ1v) is 7.84. The number of nitrogens with one attached hydrogen (secondary N) is 2. The molecular formula is C17H26N3O+. The standard InChI is InChI=1S/C17H25N3O/c1-5-6-7-8-19-16-14(10-18)13-9-17(3,4)21-11-15(13)12(2)20-16/h5-9,11H2,1-4H3,(H,19,20)/p+1. The maximum atomic E-state index is 9.59. The molecule has 4 nitrogen and oxygen atoms in total. The van der Waals surface area contributed by atoms with Crippen LogP contribution in [0.15, 0.2) is 0 Å². The Kier molecular flexibility index (Phi) is 4.84. The zero-order chi connectivity index (χ0) is 15.5. The smallest absolute Gasteiger partial charge is 0.290 e. The Bertz CT molecular complexity index is 558. The van der Waals surface area contributed by atoms with Crippen LogP contribution in [0.2, 0.25) is 0 Å². The molecule has 0 amide bonds. The molecule has 2 rings (SSSR count). The predicted molar refractivity (Wildman–Crippen MR) is 83.0 cm³/mol. The summed E-state index contributed by atoms with van der Waals surface area (Å²) in [5.74, 6) is 0.863. The molecule has 1 aromatic heterocycles. The fraction of sp³-hybridized carbons (Fsp3) is 0.647. The van der Waals surface area contributed by atoms with Crippen molar-refractivity contribution >= 4 is 5.82 Å². The number of nitrogens with zero attached hydrogens (tertiary/aromatic N) is 1. The van der Waals surface area contributed by atoms with Gasteiger partial charge in [0, 0.05) is 12.0 Å². The first kappa shape index (κ1) is 15.8. The minimum Gasteiger partial charge on any atom is -0.370 e. The maximum absolute atomic E-state index is 9.59. The van der Waals surface area contributed by atoms with E-state index in [0.29, 0.717) is 6.61 Å². The summed E-state index contributed by atoms with van der Waals surface area (Å²) in [6, 6.07) is 2.38. The van der Waals surface area contributed by atoms with Crippen molar-refractivity contribution in [1.29, 1.82) is 5.26 Å². The molecule has 0 fully saturated rings. The molecule has 0 spiro atoms. The van der Waals surface area contributed by atoms with E-state index in [0.717, 1.165) is 47.6 Å². The summed E-state index contributed by atoms with van der Waals surface area (Å²) in [5.41, 5.74) is 3.93. The van der Waals surface area contributed by atoms with Crippen LogP contribution in [-0.2, 0) is 17.8 Å². The highest BCUT2D eigenvalue weighted by molar-refractivity contribution is 5.56. The number of aromatic nitrogens is 1. The lowest BCUT2D eigenvalue weighted by Gasteiger charge is -2.32. The van der Waals surface area contributed by atoms with Crippen molar-refractivity contribution in [1.82, 2.24) is 0 Å². The summed E-state index contributed by atoms with van der Waals surface area (Å²) >= 11 is 0. The van der Waals surface area contributed by atoms with Crippen molar-refractivity contribution in [3.8, 4) is 6.07 Å². The molecule has 1 aromatic rings. The number of unbranched alkanes of at least 4 members (excludes halogenated alkanes) is 2. The van der Waals surface area contributed by atoms with Gasteiger partial charge in [0.25, 0.3) is 5.82 Å². The SMILES string of the molecule is CCCCCNc1[nH+]c(C)c2c(c1C#N)CC(C)(C)OC2. The summed E-state index contributed by atoms with van der Waals surface area (Å²) < 4.78 is 5.88. The molecule has 0 saturated carbocycles. The molecule has 0 bridgehead atoms. The van der Waals surface area contributed by atoms with Gasteiger partial charge in [-0.2, -0.15) is 5.26 Å². The van der Waals surface area contributed by atoms with Crippen LogP contribution >= 0.6 is 0 Å². The number of ether oxygens (including phenoxy) is 1. The van der Waals surface area contributed by atoms with Crippen LogP contribution in [-0.4, -0.2) is 12.1 Å². The Labute approximate surface area is 127 Å². The molecule has 1 aliphatic heterocycles. The van der Waals surface area contributed by atoms with Crippen LogP contribution in [0.5, 0.6) is 0 Å². The third kappa shape index (κ3) is 3.54. The van der Waals surface area contributed by atoms with Crippen molar-refractivity contribution in [2.24, 2.45) is 0 Å². The molecule has 0 saturated heterocycles. The van der Waals surface area contributed by atoms with Gasteiger partial charge in [-0.05, 0) is 39.2 Å². The van der Waals surface area contributed by atoms with Crippen LogP contribution in [0.3, 0.4) is 0 Å². The second-order valence-corrected chi connectivity index (χ2v) is 6.43. The minimum absolute atomic E-state index is 0.203. The van der Waals surface area contributed by atoms with Crippen molar-refractivity contribution in [3.05, 3.63) is 22.4 Å². The van der Waals surface area contributed by atoms with E-state index in [1.54, 1.807) is 0 Å². The first-order chi connectivity index (χ1) is 9.98. The van der Waals surface area contributed by atoms with Gasteiger partial charge in [-0.25, -0.2) is 4.98 Å². The fourth-order valence-electron chi connectivity index (χ4n) is 2.83. The van der Waals surface area contributed by atoms with Gasteiger partial charge in [-0.1, -0.05) is 13.3 Å². The lowest BCUT2D eigenvalue weighted by Crippen LogP contribution is -2.35. The number of hydrogen-bond donors (Lipinski definition) is 1. The van der Waals surface area contributed by atoms with E-state index in [1.165, 1.54) is 12.8 Å². The van der Waals surface area contributed by atoms with Gasteiger partial charge in [0.1, 0.15) is 17.3 Å².